The van der Waals surface area contributed by atoms with Crippen LogP contribution >= 0.6 is 72.2 Å². The van der Waals surface area contributed by atoms with Crippen LogP contribution in [0.5, 0.6) is 0 Å². The second-order valence-corrected chi connectivity index (χ2v) is 35.8. The molecule has 2 nitrogen and oxygen atoms in total. The summed E-state index contributed by atoms with van der Waals surface area (Å²) in [7, 11) is 25.7. The Labute approximate surface area is 247 Å². The molecule has 12 heteroatoms. The zero-order valence-corrected chi connectivity index (χ0v) is 29.9. The molecule has 0 aliphatic carbocycles. The molecule has 0 bridgehead atoms. The van der Waals surface area contributed by atoms with Gasteiger partial charge in [-0.25, -0.2) is 9.03 Å². The van der Waals surface area contributed by atoms with Gasteiger partial charge in [-0.05, 0) is 0 Å². The van der Waals surface area contributed by atoms with Gasteiger partial charge in [0.05, 0.1) is 0 Å². The van der Waals surface area contributed by atoms with Crippen LogP contribution < -0.4 is 21.2 Å². The van der Waals surface area contributed by atoms with Crippen molar-refractivity contribution < 1.29 is 0 Å². The molecule has 0 unspecified atom stereocenters. The minimum atomic E-state index is -2.13. The number of nitrogens with zero attached hydrogens (tertiary/aromatic N) is 2. The van der Waals surface area contributed by atoms with E-state index in [9.17, 15) is 0 Å². The molecule has 0 spiro atoms. The summed E-state index contributed by atoms with van der Waals surface area (Å²) < 4.78 is 11.2. The van der Waals surface area contributed by atoms with Crippen molar-refractivity contribution in [3.8, 4) is 0 Å². The standard InChI is InChI=1S/C24H20N2P2.6ClH.2Ga/c1-5-13-21(14-6-1)27(22-15-7-2-8-16-22)25-28(26-27,23-17-9-3-10-18-23)24-19-11-4-12-20-24;;;;;;;;/h1-20H;6*1H;;/q;;;;;;;2*+3/p-6. The van der Waals surface area contributed by atoms with E-state index in [1.807, 2.05) is 0 Å². The topological polar surface area (TPSA) is 24.7 Å². The first-order chi connectivity index (χ1) is 17.3. The zero-order valence-electron chi connectivity index (χ0n) is 18.8. The number of halogens is 6. The Hall–Kier alpha value is 0.353. The first kappa shape index (κ1) is 30.9. The van der Waals surface area contributed by atoms with Crippen LogP contribution in [0.15, 0.2) is 130 Å². The predicted molar refractivity (Wildman–Crippen MR) is 170 cm³/mol. The van der Waals surface area contributed by atoms with Gasteiger partial charge in [0, 0.05) is 21.2 Å². The van der Waals surface area contributed by atoms with Gasteiger partial charge in [-0.15, -0.1) is 0 Å². The molecule has 1 heterocycles. The van der Waals surface area contributed by atoms with Crippen molar-refractivity contribution in [3.63, 3.8) is 0 Å². The van der Waals surface area contributed by atoms with E-state index < -0.39 is 40.8 Å². The molecule has 4 aromatic carbocycles. The van der Waals surface area contributed by atoms with Crippen molar-refractivity contribution in [2.75, 3.05) is 0 Å². The normalized spacial score (nSPS) is 14.2. The summed E-state index contributed by atoms with van der Waals surface area (Å²) in [5.41, 5.74) is 0. The summed E-state index contributed by atoms with van der Waals surface area (Å²) >= 11 is -4.12. The SMILES string of the molecule is [Cl][Ga]([Cl])[Cl].[Cl][Ga]([Cl])[Cl].c1ccc(P2(c3ccccc3)=NP(c3ccccc3)(c3ccccc3)=N2)cc1. The van der Waals surface area contributed by atoms with Gasteiger partial charge in [-0.1, -0.05) is 121 Å². The van der Waals surface area contributed by atoms with Crippen LogP contribution in [0, 0.1) is 0 Å². The fraction of sp³-hybridized carbons (Fsp3) is 0. The van der Waals surface area contributed by atoms with E-state index in [2.05, 4.69) is 121 Å². The maximum atomic E-state index is 5.62. The number of hydrogen-bond acceptors (Lipinski definition) is 2. The largest absolute Gasteiger partial charge is 0.223 e. The zero-order chi connectivity index (χ0) is 26.0. The Bertz CT molecular complexity index is 1120. The Kier molecular flexibility index (Phi) is 13.1. The first-order valence-corrected chi connectivity index (χ1v) is 33.1. The van der Waals surface area contributed by atoms with Crippen LogP contribution in [0.25, 0.3) is 0 Å². The van der Waals surface area contributed by atoms with Gasteiger partial charge in [0.2, 0.25) is 0 Å². The molecule has 0 fully saturated rings. The maximum Gasteiger partial charge on any atom is 0.138 e. The Morgan fingerprint density at radius 3 is 0.694 bits per heavy atom. The van der Waals surface area contributed by atoms with Crippen molar-refractivity contribution in [2.45, 2.75) is 0 Å². The van der Waals surface area contributed by atoms with E-state index in [0.29, 0.717) is 0 Å². The Morgan fingerprint density at radius 1 is 0.361 bits per heavy atom. The van der Waals surface area contributed by atoms with Gasteiger partial charge in [0.1, 0.15) is 14.4 Å². The number of benzene rings is 4. The van der Waals surface area contributed by atoms with E-state index >= 15 is 0 Å². The van der Waals surface area contributed by atoms with Crippen molar-refractivity contribution >= 4 is 120 Å². The van der Waals surface area contributed by atoms with Crippen molar-refractivity contribution in [1.29, 1.82) is 0 Å². The van der Waals surface area contributed by atoms with E-state index in [1.165, 1.54) is 21.2 Å². The van der Waals surface area contributed by atoms with Crippen molar-refractivity contribution in [3.05, 3.63) is 121 Å². The molecular weight excluding hydrogens is 730 g/mol. The van der Waals surface area contributed by atoms with Crippen LogP contribution in [0.1, 0.15) is 0 Å². The second-order valence-electron chi connectivity index (χ2n) is 7.22. The van der Waals surface area contributed by atoms with Crippen LogP contribution in [0.3, 0.4) is 0 Å². The molecule has 0 saturated heterocycles. The third kappa shape index (κ3) is 8.18. The quantitative estimate of drug-likeness (QED) is 0.147. The average Bonchev–Trinajstić information content (AvgIpc) is 2.86. The van der Waals surface area contributed by atoms with Gasteiger partial charge in [0.25, 0.3) is 0 Å². The fourth-order valence-electron chi connectivity index (χ4n) is 3.63. The van der Waals surface area contributed by atoms with E-state index in [-0.39, 0.29) is 0 Å². The predicted octanol–water partition coefficient (Wildman–Crippen LogP) is 8.91. The van der Waals surface area contributed by atoms with Gasteiger partial charge < -0.3 is 0 Å². The summed E-state index contributed by atoms with van der Waals surface area (Å²) in [6.07, 6.45) is 0. The number of rotatable bonds is 4. The monoisotopic (exact) mass is 746 g/mol. The third-order valence-electron chi connectivity index (χ3n) is 4.98. The molecule has 1 aliphatic rings. The Morgan fingerprint density at radius 2 is 0.528 bits per heavy atom. The average molecular weight is 751 g/mol. The molecule has 184 valence electrons. The minimum Gasteiger partial charge on any atom is -0.223 e. The van der Waals surface area contributed by atoms with Gasteiger partial charge in [0.15, 0.2) is 0 Å². The first-order valence-electron chi connectivity index (χ1n) is 10.6. The smallest absolute Gasteiger partial charge is 0.138 e. The molecule has 0 N–H and O–H groups in total. The van der Waals surface area contributed by atoms with E-state index in [0.717, 1.165) is 0 Å². The number of hydrogen-bond donors (Lipinski definition) is 0. The summed E-state index contributed by atoms with van der Waals surface area (Å²) in [5.74, 6) is 0. The third-order valence-corrected chi connectivity index (χ3v) is 13.2. The van der Waals surface area contributed by atoms with Gasteiger partial charge in [-0.3, -0.25) is 0 Å². The molecule has 0 saturated carbocycles. The summed E-state index contributed by atoms with van der Waals surface area (Å²) in [6.45, 7) is 0. The molecule has 0 atom stereocenters. The van der Waals surface area contributed by atoms with Crippen LogP contribution in [-0.4, -0.2) is 26.4 Å². The second kappa shape index (κ2) is 15.2. The van der Waals surface area contributed by atoms with Gasteiger partial charge >= 0.3 is 84.3 Å². The van der Waals surface area contributed by atoms with Gasteiger partial charge in [-0.2, -0.15) is 0 Å². The molecule has 0 aromatic heterocycles. The molecule has 1 aliphatic heterocycles. The van der Waals surface area contributed by atoms with E-state index in [1.54, 1.807) is 0 Å². The molecule has 4 aromatic rings. The van der Waals surface area contributed by atoms with Crippen molar-refractivity contribution in [1.82, 2.24) is 0 Å². The molecule has 0 radical (unpaired) electrons. The minimum absolute atomic E-state index is 1.23. The van der Waals surface area contributed by atoms with Crippen molar-refractivity contribution in [2.24, 2.45) is 9.03 Å². The molecule has 36 heavy (non-hydrogen) atoms. The summed E-state index contributed by atoms with van der Waals surface area (Å²) in [5, 5.41) is 4.90. The van der Waals surface area contributed by atoms with Crippen LogP contribution in [-0.2, 0) is 0 Å². The molecular formula is C24H20Cl6Ga2N2P2. The fourth-order valence-corrected chi connectivity index (χ4v) is 12.9. The maximum absolute atomic E-state index is 5.62. The van der Waals surface area contributed by atoms with E-state index in [4.69, 9.17) is 66.9 Å². The molecule has 0 amide bonds. The van der Waals surface area contributed by atoms with Crippen LogP contribution in [0.2, 0.25) is 0 Å². The van der Waals surface area contributed by atoms with Crippen LogP contribution in [0.4, 0.5) is 0 Å². The Balaban J connectivity index is 0.000000398. The summed E-state index contributed by atoms with van der Waals surface area (Å²) in [6, 6.07) is 42.4. The molecule has 5 rings (SSSR count). The summed E-state index contributed by atoms with van der Waals surface area (Å²) in [4.78, 5) is 0.